The summed E-state index contributed by atoms with van der Waals surface area (Å²) in [5.41, 5.74) is 1.12. The number of halogens is 2. The molecule has 0 amide bonds. The zero-order valence-electron chi connectivity index (χ0n) is 7.16. The lowest BCUT2D eigenvalue weighted by molar-refractivity contribution is 0.721. The summed E-state index contributed by atoms with van der Waals surface area (Å²) >= 11 is 1.72. The summed E-state index contributed by atoms with van der Waals surface area (Å²) in [6, 6.07) is 0. The molecule has 0 bridgehead atoms. The topological polar surface area (TPSA) is 24.9 Å². The molecule has 0 spiro atoms. The number of nitrogens with zero attached hydrogens (tertiary/aromatic N) is 1. The van der Waals surface area contributed by atoms with Crippen LogP contribution in [0.3, 0.4) is 0 Å². The van der Waals surface area contributed by atoms with E-state index in [0.717, 1.165) is 18.8 Å². The molecule has 0 aliphatic rings. The van der Waals surface area contributed by atoms with E-state index in [1.807, 2.05) is 6.92 Å². The molecule has 72 valence electrons. The molecule has 0 saturated carbocycles. The first-order valence-corrected chi connectivity index (χ1v) is 4.32. The number of aryl methyl sites for hydroxylation is 1. The van der Waals surface area contributed by atoms with Crippen molar-refractivity contribution in [2.75, 3.05) is 6.54 Å². The van der Waals surface area contributed by atoms with Crippen LogP contribution in [0.5, 0.6) is 0 Å². The van der Waals surface area contributed by atoms with Gasteiger partial charge in [0.15, 0.2) is 0 Å². The summed E-state index contributed by atoms with van der Waals surface area (Å²) in [5, 5.41) is 6.48. The Morgan fingerprint density at radius 1 is 1.50 bits per heavy atom. The molecule has 0 aliphatic carbocycles. The van der Waals surface area contributed by atoms with Crippen LogP contribution in [-0.4, -0.2) is 11.5 Å². The molecule has 0 radical (unpaired) electrons. The average Bonchev–Trinajstić information content (AvgIpc) is 2.31. The average molecular weight is 229 g/mol. The molecule has 1 aromatic rings. The third-order valence-electron chi connectivity index (χ3n) is 1.19. The Hall–Kier alpha value is 0.170. The van der Waals surface area contributed by atoms with Crippen molar-refractivity contribution < 1.29 is 0 Å². The summed E-state index contributed by atoms with van der Waals surface area (Å²) in [6.45, 7) is 6.04. The highest BCUT2D eigenvalue weighted by atomic mass is 35.5. The molecule has 5 heteroatoms. The third-order valence-corrected chi connectivity index (χ3v) is 2.16. The zero-order valence-corrected chi connectivity index (χ0v) is 9.61. The van der Waals surface area contributed by atoms with Crippen molar-refractivity contribution in [2.24, 2.45) is 0 Å². The van der Waals surface area contributed by atoms with Gasteiger partial charge in [0.1, 0.15) is 5.01 Å². The molecule has 0 aliphatic heterocycles. The van der Waals surface area contributed by atoms with Crippen molar-refractivity contribution in [3.8, 4) is 0 Å². The molecule has 0 aromatic carbocycles. The number of thiazole rings is 1. The minimum Gasteiger partial charge on any atom is -0.311 e. The molecule has 0 unspecified atom stereocenters. The lowest BCUT2D eigenvalue weighted by Crippen LogP contribution is -2.11. The van der Waals surface area contributed by atoms with Crippen molar-refractivity contribution in [1.82, 2.24) is 10.3 Å². The van der Waals surface area contributed by atoms with Gasteiger partial charge < -0.3 is 5.32 Å². The maximum absolute atomic E-state index is 4.30. The minimum absolute atomic E-state index is 0. The van der Waals surface area contributed by atoms with Crippen molar-refractivity contribution in [2.45, 2.75) is 20.4 Å². The van der Waals surface area contributed by atoms with Crippen LogP contribution in [0.25, 0.3) is 0 Å². The van der Waals surface area contributed by atoms with Gasteiger partial charge in [0.05, 0.1) is 0 Å². The number of hydrogen-bond acceptors (Lipinski definition) is 3. The Kier molecular flexibility index (Phi) is 9.54. The van der Waals surface area contributed by atoms with Gasteiger partial charge in [0, 0.05) is 17.6 Å². The zero-order chi connectivity index (χ0) is 7.40. The molecule has 1 aromatic heterocycles. The van der Waals surface area contributed by atoms with E-state index in [1.54, 1.807) is 11.3 Å². The summed E-state index contributed by atoms with van der Waals surface area (Å²) in [6.07, 6.45) is 0. The van der Waals surface area contributed by atoms with Gasteiger partial charge in [0.25, 0.3) is 0 Å². The van der Waals surface area contributed by atoms with Crippen molar-refractivity contribution in [1.29, 1.82) is 0 Å². The van der Waals surface area contributed by atoms with Crippen LogP contribution in [0.1, 0.15) is 17.6 Å². The number of aromatic nitrogens is 1. The van der Waals surface area contributed by atoms with E-state index in [-0.39, 0.29) is 24.8 Å². The van der Waals surface area contributed by atoms with Gasteiger partial charge in [-0.05, 0) is 13.5 Å². The van der Waals surface area contributed by atoms with E-state index in [2.05, 4.69) is 22.6 Å². The molecule has 1 N–H and O–H groups in total. The highest BCUT2D eigenvalue weighted by Crippen LogP contribution is 2.07. The number of hydrogen-bond donors (Lipinski definition) is 1. The fourth-order valence-electron chi connectivity index (χ4n) is 0.716. The van der Waals surface area contributed by atoms with Gasteiger partial charge in [0.2, 0.25) is 0 Å². The predicted octanol–water partition coefficient (Wildman–Crippen LogP) is 2.40. The largest absolute Gasteiger partial charge is 0.311 e. The molecular weight excluding hydrogens is 215 g/mol. The number of nitrogens with one attached hydrogen (secondary N) is 1. The van der Waals surface area contributed by atoms with Crippen LogP contribution in [0.4, 0.5) is 0 Å². The van der Waals surface area contributed by atoms with Gasteiger partial charge in [-0.3, -0.25) is 0 Å². The van der Waals surface area contributed by atoms with Crippen LogP contribution in [0.2, 0.25) is 0 Å². The normalized spacial score (nSPS) is 8.50. The van der Waals surface area contributed by atoms with E-state index in [9.17, 15) is 0 Å². The summed E-state index contributed by atoms with van der Waals surface area (Å²) in [7, 11) is 0. The smallest absolute Gasteiger partial charge is 0.107 e. The standard InChI is InChI=1S/C7H12N2S.2ClH/c1-3-8-4-7-9-6(2)5-10-7;;/h5,8H,3-4H2,1-2H3;2*1H. The summed E-state index contributed by atoms with van der Waals surface area (Å²) in [5.74, 6) is 0. The lowest BCUT2D eigenvalue weighted by Gasteiger charge is -1.94. The SMILES string of the molecule is CCNCc1nc(C)cs1.Cl.Cl. The molecular formula is C7H14Cl2N2S. The van der Waals surface area contributed by atoms with Crippen LogP contribution in [0.15, 0.2) is 5.38 Å². The summed E-state index contributed by atoms with van der Waals surface area (Å²) < 4.78 is 0. The Labute approximate surface area is 89.6 Å². The van der Waals surface area contributed by atoms with Crippen LogP contribution >= 0.6 is 36.2 Å². The van der Waals surface area contributed by atoms with Gasteiger partial charge in [-0.1, -0.05) is 6.92 Å². The van der Waals surface area contributed by atoms with Gasteiger partial charge in [-0.15, -0.1) is 36.2 Å². The van der Waals surface area contributed by atoms with Crippen LogP contribution in [-0.2, 0) is 6.54 Å². The quantitative estimate of drug-likeness (QED) is 0.860. The van der Waals surface area contributed by atoms with Gasteiger partial charge in [-0.2, -0.15) is 0 Å². The van der Waals surface area contributed by atoms with Gasteiger partial charge >= 0.3 is 0 Å². The first kappa shape index (κ1) is 14.7. The Balaban J connectivity index is 0. The maximum Gasteiger partial charge on any atom is 0.107 e. The van der Waals surface area contributed by atoms with Crippen LogP contribution in [0, 0.1) is 6.92 Å². The summed E-state index contributed by atoms with van der Waals surface area (Å²) in [4.78, 5) is 4.30. The molecule has 1 rings (SSSR count). The first-order chi connectivity index (χ1) is 4.83. The molecule has 2 nitrogen and oxygen atoms in total. The fourth-order valence-corrected chi connectivity index (χ4v) is 1.46. The van der Waals surface area contributed by atoms with E-state index < -0.39 is 0 Å². The van der Waals surface area contributed by atoms with Crippen molar-refractivity contribution in [3.05, 3.63) is 16.1 Å². The molecule has 12 heavy (non-hydrogen) atoms. The second-order valence-electron chi connectivity index (χ2n) is 2.16. The molecule has 0 atom stereocenters. The van der Waals surface area contributed by atoms with E-state index in [0.29, 0.717) is 0 Å². The Bertz CT molecular complexity index is 203. The second kappa shape index (κ2) is 7.80. The minimum atomic E-state index is 0. The molecule has 0 fully saturated rings. The van der Waals surface area contributed by atoms with E-state index >= 15 is 0 Å². The maximum atomic E-state index is 4.30. The Morgan fingerprint density at radius 3 is 2.58 bits per heavy atom. The van der Waals surface area contributed by atoms with Crippen molar-refractivity contribution >= 4 is 36.2 Å². The monoisotopic (exact) mass is 228 g/mol. The van der Waals surface area contributed by atoms with E-state index in [4.69, 9.17) is 0 Å². The third kappa shape index (κ3) is 4.93. The first-order valence-electron chi connectivity index (χ1n) is 3.44. The Morgan fingerprint density at radius 2 is 2.17 bits per heavy atom. The lowest BCUT2D eigenvalue weighted by atomic mass is 10.5. The van der Waals surface area contributed by atoms with Crippen LogP contribution < -0.4 is 5.32 Å². The van der Waals surface area contributed by atoms with Gasteiger partial charge in [-0.25, -0.2) is 4.98 Å². The van der Waals surface area contributed by atoms with E-state index in [1.165, 1.54) is 5.01 Å². The predicted molar refractivity (Wildman–Crippen MR) is 58.7 cm³/mol. The molecule has 1 heterocycles. The fraction of sp³-hybridized carbons (Fsp3) is 0.571. The highest BCUT2D eigenvalue weighted by Gasteiger charge is 1.94. The number of rotatable bonds is 3. The second-order valence-corrected chi connectivity index (χ2v) is 3.11. The highest BCUT2D eigenvalue weighted by molar-refractivity contribution is 7.09. The van der Waals surface area contributed by atoms with Crippen molar-refractivity contribution in [3.63, 3.8) is 0 Å². The molecule has 0 saturated heterocycles.